The van der Waals surface area contributed by atoms with E-state index < -0.39 is 37.3 Å². The van der Waals surface area contributed by atoms with Crippen molar-refractivity contribution in [2.24, 2.45) is 5.73 Å². The van der Waals surface area contributed by atoms with E-state index in [1.165, 1.54) is 25.1 Å². The first-order chi connectivity index (χ1) is 33.3. The van der Waals surface area contributed by atoms with Crippen LogP contribution in [-0.4, -0.2) is 68.4 Å². The highest BCUT2D eigenvalue weighted by molar-refractivity contribution is 6.99. The maximum atomic E-state index is 14.3. The van der Waals surface area contributed by atoms with E-state index in [2.05, 4.69) is 75.3 Å². The van der Waals surface area contributed by atoms with Crippen molar-refractivity contribution >= 4 is 30.6 Å². The average Bonchev–Trinajstić information content (AvgIpc) is 4.23. The van der Waals surface area contributed by atoms with Gasteiger partial charge in [-0.3, -0.25) is 4.79 Å². The molecule has 0 spiro atoms. The van der Waals surface area contributed by atoms with Gasteiger partial charge in [0.2, 0.25) is 35.3 Å². The molecule has 0 aliphatic heterocycles. The Morgan fingerprint density at radius 3 is 1.91 bits per heavy atom. The van der Waals surface area contributed by atoms with Crippen LogP contribution in [0, 0.1) is 13.8 Å². The molecule has 0 aliphatic rings. The smallest absolute Gasteiger partial charge is 0.360 e. The number of hydrogen-bond donors (Lipinski definition) is 3. The molecule has 3 aromatic carbocycles. The Hall–Kier alpha value is -8.04. The number of carbonyl (C=O) groups is 2. The van der Waals surface area contributed by atoms with Crippen LogP contribution in [0.2, 0.25) is 5.04 Å². The van der Waals surface area contributed by atoms with Crippen molar-refractivity contribution in [2.75, 3.05) is 13.2 Å². The summed E-state index contributed by atoms with van der Waals surface area (Å²) in [4.78, 5) is 54.0. The molecule has 20 heteroatoms. The SMILES string of the molecule is Cc1oc(-c2nc([C@H](CO[Si](c3ccccc3)(c3ccccc3)C(C)(C)C)NC(=O)c3coc(-c4coc(-c5coc([C@@H](N)CO)n5)n4)n3)oc2C)nc1-c1nc(C(=O)OCc2ccccc2)co1. The van der Waals surface area contributed by atoms with Crippen LogP contribution in [0.25, 0.3) is 46.3 Å². The first-order valence-corrected chi connectivity index (χ1v) is 23.6. The Bertz CT molecular complexity index is 3150. The molecule has 0 unspecified atom stereocenters. The van der Waals surface area contributed by atoms with Crippen LogP contribution in [0.5, 0.6) is 0 Å². The first-order valence-electron chi connectivity index (χ1n) is 21.7. The number of ether oxygens (including phenoxy) is 1. The lowest BCUT2D eigenvalue weighted by atomic mass is 10.2. The van der Waals surface area contributed by atoms with E-state index in [9.17, 15) is 14.7 Å². The van der Waals surface area contributed by atoms with Crippen LogP contribution in [0.4, 0.5) is 0 Å². The van der Waals surface area contributed by atoms with Crippen molar-refractivity contribution < 1.29 is 50.4 Å². The number of nitrogens with two attached hydrogens (primary N) is 1. The molecule has 1 amide bonds. The third kappa shape index (κ3) is 9.45. The highest BCUT2D eigenvalue weighted by Crippen LogP contribution is 2.38. The molecule has 352 valence electrons. The molecule has 0 saturated heterocycles. The number of aliphatic hydroxyl groups is 1. The second-order valence-corrected chi connectivity index (χ2v) is 21.2. The fourth-order valence-electron chi connectivity index (χ4n) is 7.73. The maximum Gasteiger partial charge on any atom is 0.360 e. The fraction of sp³-hybridized carbons (Fsp3) is 0.224. The van der Waals surface area contributed by atoms with Crippen molar-refractivity contribution in [3.8, 4) is 46.3 Å². The molecule has 0 radical (unpaired) electrons. The molecule has 19 nitrogen and oxygen atoms in total. The second-order valence-electron chi connectivity index (χ2n) is 16.9. The highest BCUT2D eigenvalue weighted by atomic mass is 28.4. The van der Waals surface area contributed by atoms with Crippen LogP contribution >= 0.6 is 0 Å². The van der Waals surface area contributed by atoms with Crippen LogP contribution in [0.3, 0.4) is 0 Å². The summed E-state index contributed by atoms with van der Waals surface area (Å²) < 4.78 is 47.5. The summed E-state index contributed by atoms with van der Waals surface area (Å²) in [5, 5.41) is 14.0. The molecule has 0 fully saturated rings. The van der Waals surface area contributed by atoms with Crippen LogP contribution in [0.1, 0.15) is 82.7 Å². The largest absolute Gasteiger partial charge is 0.456 e. The van der Waals surface area contributed by atoms with Gasteiger partial charge in [-0.25, -0.2) is 34.7 Å². The molecule has 6 heterocycles. The number of aromatic nitrogens is 6. The molecule has 9 rings (SSSR count). The quantitative estimate of drug-likeness (QED) is 0.0597. The number of oxazole rings is 6. The minimum atomic E-state index is -3.18. The highest BCUT2D eigenvalue weighted by Gasteiger charge is 2.51. The zero-order valence-electron chi connectivity index (χ0n) is 38.0. The van der Waals surface area contributed by atoms with Crippen molar-refractivity contribution in [1.82, 2.24) is 35.2 Å². The Morgan fingerprint density at radius 1 is 0.667 bits per heavy atom. The molecular weight excluding hydrogens is 905 g/mol. The van der Waals surface area contributed by atoms with Gasteiger partial charge in [-0.15, -0.1) is 0 Å². The van der Waals surface area contributed by atoms with Crippen molar-refractivity contribution in [2.45, 2.75) is 58.3 Å². The summed E-state index contributed by atoms with van der Waals surface area (Å²) in [5.74, 6) is -0.307. The standard InChI is InChI=1S/C49H46N8O11Si/c1-28-39(46-55-38(26-64-46)48(60)65-22-30-15-9-6-10-16-30)57-47(68-28)40-29(2)67-45(56-40)37(27-66-69(49(3,4)5,31-17-11-7-12-18-31)32-19-13-8-14-20-32)51-41(59)34-23-62-43(52-34)36-25-63-44(54-36)35-24-61-42(53-35)33(50)21-58/h6-20,23-26,33,37,58H,21-22,27,50H2,1-5H3,(H,51,59)/t33-,37-/m0/s1. The van der Waals surface area contributed by atoms with Crippen molar-refractivity contribution in [3.05, 3.63) is 156 Å². The molecule has 9 aromatic rings. The third-order valence-corrected chi connectivity index (χ3v) is 16.1. The minimum absolute atomic E-state index is 0.0161. The third-order valence-electron chi connectivity index (χ3n) is 11.1. The van der Waals surface area contributed by atoms with Crippen molar-refractivity contribution in [1.29, 1.82) is 0 Å². The van der Waals surface area contributed by atoms with Gasteiger partial charge in [-0.05, 0) is 34.8 Å². The summed E-state index contributed by atoms with van der Waals surface area (Å²) in [7, 11) is -3.18. The van der Waals surface area contributed by atoms with E-state index in [0.717, 1.165) is 15.9 Å². The van der Waals surface area contributed by atoms with Gasteiger partial charge in [0, 0.05) is 0 Å². The number of hydrogen-bond acceptors (Lipinski definition) is 18. The summed E-state index contributed by atoms with van der Waals surface area (Å²) >= 11 is 0. The van der Waals surface area contributed by atoms with E-state index >= 15 is 0 Å². The zero-order valence-corrected chi connectivity index (χ0v) is 39.0. The number of esters is 1. The number of aryl methyl sites for hydroxylation is 2. The van der Waals surface area contributed by atoms with E-state index in [0.29, 0.717) is 11.5 Å². The summed E-state index contributed by atoms with van der Waals surface area (Å²) in [6, 6.07) is 27.5. The lowest BCUT2D eigenvalue weighted by Gasteiger charge is -2.43. The number of rotatable bonds is 17. The Labute approximate surface area is 394 Å². The van der Waals surface area contributed by atoms with Gasteiger partial charge in [-0.1, -0.05) is 112 Å². The lowest BCUT2D eigenvalue weighted by Crippen LogP contribution is -2.67. The number of benzene rings is 3. The zero-order chi connectivity index (χ0) is 48.3. The van der Waals surface area contributed by atoms with Crippen LogP contribution < -0.4 is 21.4 Å². The molecule has 2 atom stereocenters. The topological polar surface area (TPSA) is 267 Å². The monoisotopic (exact) mass is 950 g/mol. The van der Waals surface area contributed by atoms with Crippen LogP contribution in [-0.2, 0) is 15.8 Å². The van der Waals surface area contributed by atoms with Gasteiger partial charge in [0.1, 0.15) is 55.3 Å². The van der Waals surface area contributed by atoms with E-state index in [4.69, 9.17) is 46.4 Å². The number of carbonyl (C=O) groups excluding carboxylic acids is 2. The van der Waals surface area contributed by atoms with Gasteiger partial charge < -0.3 is 51.8 Å². The Balaban J connectivity index is 1.01. The molecule has 0 saturated carbocycles. The number of aliphatic hydroxyl groups excluding tert-OH is 1. The van der Waals surface area contributed by atoms with Gasteiger partial charge in [0.15, 0.2) is 34.2 Å². The molecule has 0 aliphatic carbocycles. The van der Waals surface area contributed by atoms with Gasteiger partial charge in [0.05, 0.1) is 13.2 Å². The predicted molar refractivity (Wildman–Crippen MR) is 248 cm³/mol. The van der Waals surface area contributed by atoms with Crippen LogP contribution in [0.15, 0.2) is 143 Å². The maximum absolute atomic E-state index is 14.3. The second kappa shape index (κ2) is 19.3. The van der Waals surface area contributed by atoms with Gasteiger partial charge in [-0.2, -0.15) is 0 Å². The summed E-state index contributed by atoms with van der Waals surface area (Å²) in [6.07, 6.45) is 4.97. The predicted octanol–water partition coefficient (Wildman–Crippen LogP) is 7.30. The van der Waals surface area contributed by atoms with E-state index in [1.807, 2.05) is 66.7 Å². The van der Waals surface area contributed by atoms with Gasteiger partial charge >= 0.3 is 5.97 Å². The lowest BCUT2D eigenvalue weighted by molar-refractivity contribution is 0.0465. The summed E-state index contributed by atoms with van der Waals surface area (Å²) in [5.41, 5.74) is 7.38. The summed E-state index contributed by atoms with van der Waals surface area (Å²) in [6.45, 7) is 9.40. The number of nitrogens with one attached hydrogen (secondary N) is 1. The molecule has 6 aromatic heterocycles. The fourth-order valence-corrected chi connectivity index (χ4v) is 12.3. The van der Waals surface area contributed by atoms with Crippen molar-refractivity contribution in [3.63, 3.8) is 0 Å². The first kappa shape index (κ1) is 46.1. The molecule has 0 bridgehead atoms. The Kier molecular flexibility index (Phi) is 12.9. The van der Waals surface area contributed by atoms with E-state index in [-0.39, 0.29) is 89.3 Å². The normalized spacial score (nSPS) is 12.8. The van der Waals surface area contributed by atoms with Gasteiger partial charge in [0.25, 0.3) is 14.2 Å². The number of nitrogens with zero attached hydrogens (tertiary/aromatic N) is 6. The molecule has 4 N–H and O–H groups in total. The van der Waals surface area contributed by atoms with E-state index in [1.54, 1.807) is 13.8 Å². The minimum Gasteiger partial charge on any atom is -0.456 e. The average molecular weight is 951 g/mol. The number of amides is 1. The Morgan fingerprint density at radius 2 is 1.23 bits per heavy atom. The molecule has 69 heavy (non-hydrogen) atoms. The molecular formula is C49H46N8O11Si.